The average molecular weight is 272 g/mol. The Bertz CT molecular complexity index is 565. The van der Waals surface area contributed by atoms with Crippen molar-refractivity contribution in [2.75, 3.05) is 0 Å². The van der Waals surface area contributed by atoms with E-state index in [0.29, 0.717) is 17.6 Å². The SMILES string of the molecule is O=c1c(CNC2CCCC2)cc2c(n1C1CC1)CCC2. The highest BCUT2D eigenvalue weighted by Crippen LogP contribution is 2.37. The fraction of sp³-hybridized carbons (Fsp3) is 0.706. The van der Waals surface area contributed by atoms with Crippen molar-refractivity contribution in [1.29, 1.82) is 0 Å². The van der Waals surface area contributed by atoms with Gasteiger partial charge in [-0.3, -0.25) is 4.79 Å². The third-order valence-electron chi connectivity index (χ3n) is 5.21. The van der Waals surface area contributed by atoms with E-state index in [2.05, 4.69) is 16.0 Å². The van der Waals surface area contributed by atoms with Gasteiger partial charge >= 0.3 is 0 Å². The molecule has 0 radical (unpaired) electrons. The normalized spacial score (nSPS) is 22.4. The molecular weight excluding hydrogens is 248 g/mol. The summed E-state index contributed by atoms with van der Waals surface area (Å²) in [7, 11) is 0. The summed E-state index contributed by atoms with van der Waals surface area (Å²) in [4.78, 5) is 12.7. The van der Waals surface area contributed by atoms with Crippen molar-refractivity contribution in [3.05, 3.63) is 33.2 Å². The summed E-state index contributed by atoms with van der Waals surface area (Å²) >= 11 is 0. The maximum absolute atomic E-state index is 12.7. The van der Waals surface area contributed by atoms with Gasteiger partial charge in [-0.05, 0) is 56.6 Å². The highest BCUT2D eigenvalue weighted by atomic mass is 16.1. The van der Waals surface area contributed by atoms with Crippen LogP contribution in [0.25, 0.3) is 0 Å². The largest absolute Gasteiger partial charge is 0.310 e. The first kappa shape index (κ1) is 12.6. The molecule has 0 aromatic carbocycles. The third-order valence-corrected chi connectivity index (χ3v) is 5.21. The van der Waals surface area contributed by atoms with E-state index in [4.69, 9.17) is 0 Å². The number of pyridine rings is 1. The van der Waals surface area contributed by atoms with Gasteiger partial charge in [0.15, 0.2) is 0 Å². The molecule has 1 aromatic rings. The molecule has 3 nitrogen and oxygen atoms in total. The lowest BCUT2D eigenvalue weighted by Gasteiger charge is -2.16. The van der Waals surface area contributed by atoms with E-state index in [9.17, 15) is 4.79 Å². The van der Waals surface area contributed by atoms with Gasteiger partial charge < -0.3 is 9.88 Å². The summed E-state index contributed by atoms with van der Waals surface area (Å²) in [6, 6.07) is 3.35. The van der Waals surface area contributed by atoms with E-state index in [1.54, 1.807) is 0 Å². The summed E-state index contributed by atoms with van der Waals surface area (Å²) in [5, 5.41) is 3.60. The van der Waals surface area contributed by atoms with E-state index in [1.165, 1.54) is 62.6 Å². The average Bonchev–Trinajstić information content (AvgIpc) is 2.96. The molecule has 108 valence electrons. The summed E-state index contributed by atoms with van der Waals surface area (Å²) in [5.41, 5.74) is 4.09. The van der Waals surface area contributed by atoms with Crippen LogP contribution in [0.4, 0.5) is 0 Å². The van der Waals surface area contributed by atoms with Gasteiger partial charge in [-0.25, -0.2) is 0 Å². The second kappa shape index (κ2) is 5.03. The molecule has 3 aliphatic carbocycles. The van der Waals surface area contributed by atoms with Crippen LogP contribution >= 0.6 is 0 Å². The maximum Gasteiger partial charge on any atom is 0.255 e. The fourth-order valence-corrected chi connectivity index (χ4v) is 3.96. The monoisotopic (exact) mass is 272 g/mol. The van der Waals surface area contributed by atoms with Crippen molar-refractivity contribution in [3.63, 3.8) is 0 Å². The first-order chi connectivity index (χ1) is 9.83. The fourth-order valence-electron chi connectivity index (χ4n) is 3.96. The van der Waals surface area contributed by atoms with E-state index in [1.807, 2.05) is 0 Å². The second-order valence-electron chi connectivity index (χ2n) is 6.76. The van der Waals surface area contributed by atoms with Crippen molar-refractivity contribution in [1.82, 2.24) is 9.88 Å². The van der Waals surface area contributed by atoms with E-state index < -0.39 is 0 Å². The lowest BCUT2D eigenvalue weighted by atomic mass is 10.1. The molecule has 0 atom stereocenters. The van der Waals surface area contributed by atoms with Crippen LogP contribution in [0.5, 0.6) is 0 Å². The van der Waals surface area contributed by atoms with Crippen LogP contribution in [-0.4, -0.2) is 10.6 Å². The molecule has 1 N–H and O–H groups in total. The first-order valence-electron chi connectivity index (χ1n) is 8.32. The van der Waals surface area contributed by atoms with Gasteiger partial charge in [-0.1, -0.05) is 12.8 Å². The van der Waals surface area contributed by atoms with Gasteiger partial charge in [0.1, 0.15) is 0 Å². The Morgan fingerprint density at radius 3 is 2.65 bits per heavy atom. The molecule has 0 amide bonds. The maximum atomic E-state index is 12.7. The van der Waals surface area contributed by atoms with E-state index in [0.717, 1.165) is 18.5 Å². The summed E-state index contributed by atoms with van der Waals surface area (Å²) in [5.74, 6) is 0. The molecule has 1 aromatic heterocycles. The number of hydrogen-bond donors (Lipinski definition) is 1. The molecule has 0 unspecified atom stereocenters. The molecule has 4 rings (SSSR count). The Morgan fingerprint density at radius 1 is 1.10 bits per heavy atom. The van der Waals surface area contributed by atoms with Crippen LogP contribution in [-0.2, 0) is 19.4 Å². The number of nitrogens with zero attached hydrogens (tertiary/aromatic N) is 1. The van der Waals surface area contributed by atoms with Crippen LogP contribution in [0.3, 0.4) is 0 Å². The molecular formula is C17H24N2O. The van der Waals surface area contributed by atoms with Crippen molar-refractivity contribution >= 4 is 0 Å². The molecule has 0 spiro atoms. The minimum atomic E-state index is 0.290. The molecule has 0 saturated heterocycles. The zero-order chi connectivity index (χ0) is 13.5. The van der Waals surface area contributed by atoms with Gasteiger partial charge in [0.25, 0.3) is 5.56 Å². The van der Waals surface area contributed by atoms with Crippen LogP contribution < -0.4 is 10.9 Å². The molecule has 0 aliphatic heterocycles. The lowest BCUT2D eigenvalue weighted by Crippen LogP contribution is -2.32. The smallest absolute Gasteiger partial charge is 0.255 e. The first-order valence-corrected chi connectivity index (χ1v) is 8.32. The van der Waals surface area contributed by atoms with Crippen LogP contribution in [0.15, 0.2) is 10.9 Å². The Labute approximate surface area is 120 Å². The number of aromatic nitrogens is 1. The van der Waals surface area contributed by atoms with Crippen molar-refractivity contribution in [2.24, 2.45) is 0 Å². The molecule has 3 aliphatic rings. The van der Waals surface area contributed by atoms with Crippen LogP contribution in [0.2, 0.25) is 0 Å². The van der Waals surface area contributed by atoms with Gasteiger partial charge in [-0.15, -0.1) is 0 Å². The predicted molar refractivity (Wildman–Crippen MR) is 80.1 cm³/mol. The third kappa shape index (κ3) is 2.22. The predicted octanol–water partition coefficient (Wildman–Crippen LogP) is 2.70. The standard InChI is InChI=1S/C17H24N2O/c20-17-13(11-18-14-5-1-2-6-14)10-12-4-3-7-16(12)19(17)15-8-9-15/h10,14-15,18H,1-9,11H2. The van der Waals surface area contributed by atoms with Crippen LogP contribution in [0, 0.1) is 0 Å². The second-order valence-corrected chi connectivity index (χ2v) is 6.76. The van der Waals surface area contributed by atoms with Crippen molar-refractivity contribution < 1.29 is 0 Å². The Kier molecular flexibility index (Phi) is 3.18. The molecule has 0 bridgehead atoms. The minimum Gasteiger partial charge on any atom is -0.310 e. The number of aryl methyl sites for hydroxylation is 1. The molecule has 2 fully saturated rings. The summed E-state index contributed by atoms with van der Waals surface area (Å²) in [6.07, 6.45) is 11.1. The molecule has 1 heterocycles. The highest BCUT2D eigenvalue weighted by molar-refractivity contribution is 5.31. The van der Waals surface area contributed by atoms with Crippen molar-refractivity contribution in [2.45, 2.75) is 76.4 Å². The van der Waals surface area contributed by atoms with Crippen molar-refractivity contribution in [3.8, 4) is 0 Å². The minimum absolute atomic E-state index is 0.290. The molecule has 2 saturated carbocycles. The molecule has 20 heavy (non-hydrogen) atoms. The highest BCUT2D eigenvalue weighted by Gasteiger charge is 2.30. The summed E-state index contributed by atoms with van der Waals surface area (Å²) < 4.78 is 2.15. The van der Waals surface area contributed by atoms with Gasteiger partial charge in [0.2, 0.25) is 0 Å². The van der Waals surface area contributed by atoms with E-state index in [-0.39, 0.29) is 0 Å². The number of rotatable bonds is 4. The lowest BCUT2D eigenvalue weighted by molar-refractivity contribution is 0.518. The van der Waals surface area contributed by atoms with E-state index >= 15 is 0 Å². The van der Waals surface area contributed by atoms with Gasteiger partial charge in [0.05, 0.1) is 0 Å². The van der Waals surface area contributed by atoms with Crippen LogP contribution in [0.1, 0.15) is 67.8 Å². The number of fused-ring (bicyclic) bond motifs is 1. The topological polar surface area (TPSA) is 34.0 Å². The quantitative estimate of drug-likeness (QED) is 0.914. The molecule has 3 heteroatoms. The Hall–Kier alpha value is -1.09. The van der Waals surface area contributed by atoms with Gasteiger partial charge in [-0.2, -0.15) is 0 Å². The Morgan fingerprint density at radius 2 is 1.90 bits per heavy atom. The number of nitrogens with one attached hydrogen (secondary N) is 1. The number of hydrogen-bond acceptors (Lipinski definition) is 2. The zero-order valence-electron chi connectivity index (χ0n) is 12.2. The summed E-state index contributed by atoms with van der Waals surface area (Å²) in [6.45, 7) is 0.767. The zero-order valence-corrected chi connectivity index (χ0v) is 12.2. The Balaban J connectivity index is 1.62. The van der Waals surface area contributed by atoms with Gasteiger partial charge in [0, 0.05) is 29.9 Å².